The Morgan fingerprint density at radius 2 is 2.16 bits per heavy atom. The van der Waals surface area contributed by atoms with Gasteiger partial charge in [0.25, 0.3) is 5.91 Å². The Bertz CT molecular complexity index is 705. The molecule has 0 saturated heterocycles. The molecule has 0 radical (unpaired) electrons. The number of amides is 1. The summed E-state index contributed by atoms with van der Waals surface area (Å²) in [6.07, 6.45) is 8.60. The highest BCUT2D eigenvalue weighted by atomic mass is 16.5. The van der Waals surface area contributed by atoms with Crippen molar-refractivity contribution in [3.63, 3.8) is 0 Å². The van der Waals surface area contributed by atoms with Crippen LogP contribution in [0, 0.1) is 6.92 Å². The van der Waals surface area contributed by atoms with E-state index in [2.05, 4.69) is 18.3 Å². The zero-order valence-corrected chi connectivity index (χ0v) is 15.2. The number of ether oxygens (including phenoxy) is 1. The van der Waals surface area contributed by atoms with Crippen molar-refractivity contribution in [3.05, 3.63) is 40.5 Å². The molecule has 4 heteroatoms. The van der Waals surface area contributed by atoms with Crippen molar-refractivity contribution in [3.8, 4) is 5.75 Å². The number of aryl methyl sites for hydroxylation is 1. The highest BCUT2D eigenvalue weighted by molar-refractivity contribution is 6.04. The molecular weight excluding hydrogens is 314 g/mol. The average Bonchev–Trinajstić information content (AvgIpc) is 2.91. The standard InChI is InChI=1S/C21H27NO3/c1-14-8-9-18(21-17(23)12-15(2)20(14)21)25-13-19(24)22-11-10-16-6-4-3-5-7-16/h6,8-9,15H,3-5,7,10-13H2,1-2H3,(H,22,24). The van der Waals surface area contributed by atoms with Crippen molar-refractivity contribution in [2.24, 2.45) is 0 Å². The first-order valence-electron chi connectivity index (χ1n) is 9.30. The molecule has 0 aliphatic heterocycles. The number of Topliss-reactive ketones (excluding diaryl/α,β-unsaturated/α-hetero) is 1. The number of carbonyl (C=O) groups excluding carboxylic acids is 2. The third-order valence-corrected chi connectivity index (χ3v) is 5.20. The van der Waals surface area contributed by atoms with Crippen LogP contribution in [0.25, 0.3) is 0 Å². The number of ketones is 1. The molecule has 0 aromatic heterocycles. The molecule has 0 spiro atoms. The second-order valence-electron chi connectivity index (χ2n) is 7.19. The Morgan fingerprint density at radius 3 is 2.92 bits per heavy atom. The summed E-state index contributed by atoms with van der Waals surface area (Å²) in [6.45, 7) is 4.68. The van der Waals surface area contributed by atoms with Crippen LogP contribution < -0.4 is 10.1 Å². The molecule has 1 aromatic rings. The Hall–Kier alpha value is -2.10. The van der Waals surface area contributed by atoms with E-state index >= 15 is 0 Å². The first kappa shape index (κ1) is 17.7. The first-order chi connectivity index (χ1) is 12.1. The Labute approximate surface area is 149 Å². The van der Waals surface area contributed by atoms with Gasteiger partial charge in [0, 0.05) is 13.0 Å². The summed E-state index contributed by atoms with van der Waals surface area (Å²) in [4.78, 5) is 24.3. The van der Waals surface area contributed by atoms with Crippen molar-refractivity contribution in [2.75, 3.05) is 13.2 Å². The van der Waals surface area contributed by atoms with E-state index in [0.29, 0.717) is 24.3 Å². The second kappa shape index (κ2) is 7.85. The second-order valence-corrected chi connectivity index (χ2v) is 7.19. The van der Waals surface area contributed by atoms with E-state index in [-0.39, 0.29) is 24.2 Å². The number of hydrogen-bond acceptors (Lipinski definition) is 3. The maximum Gasteiger partial charge on any atom is 0.257 e. The monoisotopic (exact) mass is 341 g/mol. The van der Waals surface area contributed by atoms with Gasteiger partial charge in [0.15, 0.2) is 12.4 Å². The van der Waals surface area contributed by atoms with E-state index in [9.17, 15) is 9.59 Å². The fourth-order valence-electron chi connectivity index (χ4n) is 3.92. The lowest BCUT2D eigenvalue weighted by Crippen LogP contribution is -2.30. The lowest BCUT2D eigenvalue weighted by atomic mass is 9.97. The lowest BCUT2D eigenvalue weighted by molar-refractivity contribution is -0.123. The predicted octanol–water partition coefficient (Wildman–Crippen LogP) is 4.07. The van der Waals surface area contributed by atoms with Crippen LogP contribution in [0.2, 0.25) is 0 Å². The molecule has 0 saturated carbocycles. The van der Waals surface area contributed by atoms with Crippen LogP contribution in [0.4, 0.5) is 0 Å². The molecule has 4 nitrogen and oxygen atoms in total. The van der Waals surface area contributed by atoms with E-state index in [1.807, 2.05) is 19.1 Å². The number of fused-ring (bicyclic) bond motifs is 1. The summed E-state index contributed by atoms with van der Waals surface area (Å²) >= 11 is 0. The van der Waals surface area contributed by atoms with Gasteiger partial charge in [-0.2, -0.15) is 0 Å². The van der Waals surface area contributed by atoms with Gasteiger partial charge in [-0.3, -0.25) is 9.59 Å². The minimum atomic E-state index is -0.135. The van der Waals surface area contributed by atoms with Gasteiger partial charge in [0.05, 0.1) is 5.56 Å². The minimum absolute atomic E-state index is 0.0454. The van der Waals surface area contributed by atoms with Gasteiger partial charge in [0.1, 0.15) is 5.75 Å². The molecule has 25 heavy (non-hydrogen) atoms. The maximum atomic E-state index is 12.3. The molecule has 1 aromatic carbocycles. The molecule has 134 valence electrons. The molecule has 1 unspecified atom stereocenters. The number of benzene rings is 1. The summed E-state index contributed by atoms with van der Waals surface area (Å²) < 4.78 is 5.68. The van der Waals surface area contributed by atoms with Crippen LogP contribution >= 0.6 is 0 Å². The van der Waals surface area contributed by atoms with Crippen LogP contribution in [0.1, 0.15) is 72.9 Å². The Kier molecular flexibility index (Phi) is 5.57. The summed E-state index contributed by atoms with van der Waals surface area (Å²) in [7, 11) is 0. The summed E-state index contributed by atoms with van der Waals surface area (Å²) in [5, 5.41) is 2.91. The van der Waals surface area contributed by atoms with Crippen molar-refractivity contribution in [2.45, 2.75) is 58.3 Å². The third-order valence-electron chi connectivity index (χ3n) is 5.20. The van der Waals surface area contributed by atoms with E-state index < -0.39 is 0 Å². The van der Waals surface area contributed by atoms with Crippen LogP contribution in [0.3, 0.4) is 0 Å². The molecule has 0 heterocycles. The van der Waals surface area contributed by atoms with Crippen LogP contribution in [0.15, 0.2) is 23.8 Å². The SMILES string of the molecule is Cc1ccc(OCC(=O)NCCC2=CCCCC2)c2c1C(C)CC2=O. The Balaban J connectivity index is 1.53. The van der Waals surface area contributed by atoms with Crippen LogP contribution in [-0.2, 0) is 4.79 Å². The zero-order chi connectivity index (χ0) is 17.8. The number of allylic oxidation sites excluding steroid dienone is 1. The summed E-state index contributed by atoms with van der Waals surface area (Å²) in [5.74, 6) is 0.749. The van der Waals surface area contributed by atoms with Crippen LogP contribution in [0.5, 0.6) is 5.75 Å². The normalized spacial score (nSPS) is 19.4. The van der Waals surface area contributed by atoms with Crippen molar-refractivity contribution in [1.82, 2.24) is 5.32 Å². The lowest BCUT2D eigenvalue weighted by Gasteiger charge is -2.14. The fourth-order valence-corrected chi connectivity index (χ4v) is 3.92. The molecule has 0 fully saturated rings. The summed E-state index contributed by atoms with van der Waals surface area (Å²) in [6, 6.07) is 3.78. The van der Waals surface area contributed by atoms with Gasteiger partial charge >= 0.3 is 0 Å². The van der Waals surface area contributed by atoms with Crippen molar-refractivity contribution in [1.29, 1.82) is 0 Å². The number of nitrogens with one attached hydrogen (secondary N) is 1. The van der Waals surface area contributed by atoms with E-state index in [1.165, 1.54) is 18.4 Å². The third kappa shape index (κ3) is 4.12. The number of carbonyl (C=O) groups is 2. The van der Waals surface area contributed by atoms with Gasteiger partial charge in [0.2, 0.25) is 0 Å². The average molecular weight is 341 g/mol. The van der Waals surface area contributed by atoms with Gasteiger partial charge in [-0.15, -0.1) is 0 Å². The zero-order valence-electron chi connectivity index (χ0n) is 15.2. The van der Waals surface area contributed by atoms with Gasteiger partial charge in [-0.1, -0.05) is 24.6 Å². The highest BCUT2D eigenvalue weighted by Crippen LogP contribution is 2.40. The quantitative estimate of drug-likeness (QED) is 0.794. The van der Waals surface area contributed by atoms with Crippen LogP contribution in [-0.4, -0.2) is 24.8 Å². The minimum Gasteiger partial charge on any atom is -0.483 e. The number of rotatable bonds is 6. The van der Waals surface area contributed by atoms with Gasteiger partial charge in [-0.25, -0.2) is 0 Å². The van der Waals surface area contributed by atoms with Gasteiger partial charge in [-0.05, 0) is 62.1 Å². The molecule has 1 N–H and O–H groups in total. The molecule has 1 amide bonds. The molecule has 1 atom stereocenters. The molecular formula is C21H27NO3. The Morgan fingerprint density at radius 1 is 1.32 bits per heavy atom. The maximum absolute atomic E-state index is 12.3. The smallest absolute Gasteiger partial charge is 0.257 e. The fraction of sp³-hybridized carbons (Fsp3) is 0.524. The van der Waals surface area contributed by atoms with Crippen molar-refractivity contribution >= 4 is 11.7 Å². The van der Waals surface area contributed by atoms with E-state index in [4.69, 9.17) is 4.74 Å². The molecule has 0 bridgehead atoms. The molecule has 2 aliphatic rings. The molecule has 2 aliphatic carbocycles. The highest BCUT2D eigenvalue weighted by Gasteiger charge is 2.31. The first-order valence-corrected chi connectivity index (χ1v) is 9.30. The van der Waals surface area contributed by atoms with Crippen molar-refractivity contribution < 1.29 is 14.3 Å². The van der Waals surface area contributed by atoms with Gasteiger partial charge < -0.3 is 10.1 Å². The molecule has 3 rings (SSSR count). The topological polar surface area (TPSA) is 55.4 Å². The number of hydrogen-bond donors (Lipinski definition) is 1. The predicted molar refractivity (Wildman–Crippen MR) is 98.2 cm³/mol. The van der Waals surface area contributed by atoms with E-state index in [0.717, 1.165) is 30.4 Å². The summed E-state index contributed by atoms with van der Waals surface area (Å²) in [5.41, 5.74) is 4.31. The largest absolute Gasteiger partial charge is 0.483 e. The van der Waals surface area contributed by atoms with E-state index in [1.54, 1.807) is 0 Å².